The van der Waals surface area contributed by atoms with Gasteiger partial charge in [-0.1, -0.05) is 35.9 Å². The SMILES string of the molecule is O=C1CNc2ccccc2N1Cc1cccc(Cl)c1. The lowest BCUT2D eigenvalue weighted by atomic mass is 10.1. The second kappa shape index (κ2) is 4.94. The zero-order valence-corrected chi connectivity index (χ0v) is 11.0. The van der Waals surface area contributed by atoms with Crippen molar-refractivity contribution in [1.29, 1.82) is 0 Å². The van der Waals surface area contributed by atoms with Crippen molar-refractivity contribution in [1.82, 2.24) is 0 Å². The van der Waals surface area contributed by atoms with E-state index in [9.17, 15) is 4.79 Å². The first-order chi connectivity index (χ1) is 9.24. The monoisotopic (exact) mass is 272 g/mol. The van der Waals surface area contributed by atoms with Crippen LogP contribution in [0.15, 0.2) is 48.5 Å². The summed E-state index contributed by atoms with van der Waals surface area (Å²) >= 11 is 5.98. The van der Waals surface area contributed by atoms with Gasteiger partial charge in [0, 0.05) is 5.02 Å². The maximum atomic E-state index is 12.1. The topological polar surface area (TPSA) is 32.3 Å². The minimum absolute atomic E-state index is 0.0682. The summed E-state index contributed by atoms with van der Waals surface area (Å²) in [5, 5.41) is 3.81. The van der Waals surface area contributed by atoms with E-state index in [0.717, 1.165) is 16.9 Å². The number of fused-ring (bicyclic) bond motifs is 1. The predicted molar refractivity (Wildman–Crippen MR) is 77.6 cm³/mol. The minimum atomic E-state index is 0.0682. The van der Waals surface area contributed by atoms with Crippen LogP contribution in [-0.2, 0) is 11.3 Å². The summed E-state index contributed by atoms with van der Waals surface area (Å²) in [6, 6.07) is 15.4. The van der Waals surface area contributed by atoms with Crippen LogP contribution in [0.1, 0.15) is 5.56 Å². The fourth-order valence-electron chi connectivity index (χ4n) is 2.25. The zero-order chi connectivity index (χ0) is 13.2. The molecule has 0 unspecified atom stereocenters. The summed E-state index contributed by atoms with van der Waals surface area (Å²) in [5.74, 6) is 0.0682. The molecule has 1 heterocycles. The summed E-state index contributed by atoms with van der Waals surface area (Å²) in [4.78, 5) is 13.9. The van der Waals surface area contributed by atoms with Gasteiger partial charge >= 0.3 is 0 Å². The Bertz CT molecular complexity index is 627. The molecule has 1 amide bonds. The molecule has 0 aromatic heterocycles. The Morgan fingerprint density at radius 1 is 1.16 bits per heavy atom. The third-order valence-electron chi connectivity index (χ3n) is 3.16. The molecule has 0 radical (unpaired) electrons. The summed E-state index contributed by atoms with van der Waals surface area (Å²) in [5.41, 5.74) is 2.93. The highest BCUT2D eigenvalue weighted by Gasteiger charge is 2.23. The Morgan fingerprint density at radius 3 is 2.84 bits per heavy atom. The van der Waals surface area contributed by atoms with Gasteiger partial charge in [-0.3, -0.25) is 4.79 Å². The second-order valence-corrected chi connectivity index (χ2v) is 4.92. The van der Waals surface area contributed by atoms with E-state index in [-0.39, 0.29) is 5.91 Å². The van der Waals surface area contributed by atoms with Gasteiger partial charge in [-0.05, 0) is 29.8 Å². The number of amides is 1. The van der Waals surface area contributed by atoms with Gasteiger partial charge in [0.1, 0.15) is 0 Å². The Balaban J connectivity index is 1.94. The number of hydrogen-bond acceptors (Lipinski definition) is 2. The largest absolute Gasteiger partial charge is 0.374 e. The van der Waals surface area contributed by atoms with Crippen molar-refractivity contribution in [3.05, 3.63) is 59.1 Å². The first kappa shape index (κ1) is 12.1. The number of hydrogen-bond donors (Lipinski definition) is 1. The molecule has 19 heavy (non-hydrogen) atoms. The molecule has 1 aliphatic heterocycles. The molecule has 0 fully saturated rings. The third-order valence-corrected chi connectivity index (χ3v) is 3.39. The number of carbonyl (C=O) groups excluding carboxylic acids is 1. The second-order valence-electron chi connectivity index (χ2n) is 4.48. The number of nitrogens with one attached hydrogen (secondary N) is 1. The molecule has 0 spiro atoms. The quantitative estimate of drug-likeness (QED) is 0.910. The van der Waals surface area contributed by atoms with Gasteiger partial charge in [-0.15, -0.1) is 0 Å². The van der Waals surface area contributed by atoms with Crippen molar-refractivity contribution in [2.45, 2.75) is 6.54 Å². The molecule has 96 valence electrons. The van der Waals surface area contributed by atoms with Crippen LogP contribution in [0.3, 0.4) is 0 Å². The number of halogens is 1. The molecule has 0 saturated carbocycles. The van der Waals surface area contributed by atoms with E-state index < -0.39 is 0 Å². The van der Waals surface area contributed by atoms with Crippen LogP contribution in [0.25, 0.3) is 0 Å². The van der Waals surface area contributed by atoms with Gasteiger partial charge in [0.15, 0.2) is 0 Å². The predicted octanol–water partition coefficient (Wildman–Crippen LogP) is 3.30. The fraction of sp³-hybridized carbons (Fsp3) is 0.133. The average Bonchev–Trinajstić information content (AvgIpc) is 2.42. The normalized spacial score (nSPS) is 13.9. The highest BCUT2D eigenvalue weighted by Crippen LogP contribution is 2.30. The smallest absolute Gasteiger partial charge is 0.246 e. The lowest BCUT2D eigenvalue weighted by Gasteiger charge is -2.30. The van der Waals surface area contributed by atoms with Crippen molar-refractivity contribution < 1.29 is 4.79 Å². The summed E-state index contributed by atoms with van der Waals surface area (Å²) in [6.07, 6.45) is 0. The highest BCUT2D eigenvalue weighted by atomic mass is 35.5. The van der Waals surface area contributed by atoms with E-state index in [1.165, 1.54) is 0 Å². The number of carbonyl (C=O) groups is 1. The molecule has 0 atom stereocenters. The number of benzene rings is 2. The third kappa shape index (κ3) is 2.42. The molecule has 0 bridgehead atoms. The first-order valence-electron chi connectivity index (χ1n) is 6.12. The molecular formula is C15H13ClN2O. The van der Waals surface area contributed by atoms with E-state index in [4.69, 9.17) is 11.6 Å². The fourth-order valence-corrected chi connectivity index (χ4v) is 2.46. The Labute approximate surface area is 116 Å². The van der Waals surface area contributed by atoms with Crippen molar-refractivity contribution in [2.24, 2.45) is 0 Å². The summed E-state index contributed by atoms with van der Waals surface area (Å²) in [6.45, 7) is 0.871. The molecule has 3 rings (SSSR count). The highest BCUT2D eigenvalue weighted by molar-refractivity contribution is 6.30. The van der Waals surface area contributed by atoms with E-state index in [0.29, 0.717) is 18.1 Å². The van der Waals surface area contributed by atoms with Crippen molar-refractivity contribution in [3.63, 3.8) is 0 Å². The van der Waals surface area contributed by atoms with Gasteiger partial charge < -0.3 is 10.2 Å². The van der Waals surface area contributed by atoms with Crippen LogP contribution in [0.2, 0.25) is 5.02 Å². The van der Waals surface area contributed by atoms with Crippen LogP contribution >= 0.6 is 11.6 Å². The molecule has 1 aliphatic rings. The van der Waals surface area contributed by atoms with Gasteiger partial charge in [-0.25, -0.2) is 0 Å². The van der Waals surface area contributed by atoms with Crippen LogP contribution in [0, 0.1) is 0 Å². The zero-order valence-electron chi connectivity index (χ0n) is 10.3. The molecule has 3 nitrogen and oxygen atoms in total. The van der Waals surface area contributed by atoms with E-state index >= 15 is 0 Å². The molecule has 4 heteroatoms. The molecule has 0 aliphatic carbocycles. The van der Waals surface area contributed by atoms with Crippen molar-refractivity contribution in [2.75, 3.05) is 16.8 Å². The Kier molecular flexibility index (Phi) is 3.13. The van der Waals surface area contributed by atoms with Crippen LogP contribution < -0.4 is 10.2 Å². The number of rotatable bonds is 2. The van der Waals surface area contributed by atoms with Gasteiger partial charge in [0.2, 0.25) is 5.91 Å². The van der Waals surface area contributed by atoms with Crippen molar-refractivity contribution in [3.8, 4) is 0 Å². The first-order valence-corrected chi connectivity index (χ1v) is 6.49. The number of para-hydroxylation sites is 2. The minimum Gasteiger partial charge on any atom is -0.374 e. The van der Waals surface area contributed by atoms with E-state index in [1.54, 1.807) is 4.90 Å². The van der Waals surface area contributed by atoms with E-state index in [1.807, 2.05) is 48.5 Å². The molecule has 0 saturated heterocycles. The molecule has 2 aromatic carbocycles. The van der Waals surface area contributed by atoms with Crippen LogP contribution in [0.4, 0.5) is 11.4 Å². The van der Waals surface area contributed by atoms with Crippen LogP contribution in [0.5, 0.6) is 0 Å². The standard InChI is InChI=1S/C15H13ClN2O/c16-12-5-3-4-11(8-12)10-18-14-7-2-1-6-13(14)17-9-15(18)19/h1-8,17H,9-10H2. The maximum Gasteiger partial charge on any atom is 0.246 e. The van der Waals surface area contributed by atoms with Crippen LogP contribution in [-0.4, -0.2) is 12.5 Å². The van der Waals surface area contributed by atoms with Crippen molar-refractivity contribution >= 4 is 28.9 Å². The lowest BCUT2D eigenvalue weighted by molar-refractivity contribution is -0.117. The number of anilines is 2. The summed E-state index contributed by atoms with van der Waals surface area (Å²) in [7, 11) is 0. The van der Waals surface area contributed by atoms with E-state index in [2.05, 4.69) is 5.32 Å². The summed E-state index contributed by atoms with van der Waals surface area (Å²) < 4.78 is 0. The maximum absolute atomic E-state index is 12.1. The Hall–Kier alpha value is -2.00. The molecular weight excluding hydrogens is 260 g/mol. The van der Waals surface area contributed by atoms with Gasteiger partial charge in [-0.2, -0.15) is 0 Å². The Morgan fingerprint density at radius 2 is 2.00 bits per heavy atom. The molecule has 1 N–H and O–H groups in total. The van der Waals surface area contributed by atoms with Gasteiger partial charge in [0.05, 0.1) is 24.5 Å². The average molecular weight is 273 g/mol. The van der Waals surface area contributed by atoms with Gasteiger partial charge in [0.25, 0.3) is 0 Å². The lowest BCUT2D eigenvalue weighted by Crippen LogP contribution is -2.39. The number of nitrogens with zero attached hydrogens (tertiary/aromatic N) is 1. The molecule has 2 aromatic rings.